The predicted molar refractivity (Wildman–Crippen MR) is 116 cm³/mol. The first-order valence-corrected chi connectivity index (χ1v) is 10.2. The minimum absolute atomic E-state index is 0.00327. The van der Waals surface area contributed by atoms with E-state index in [9.17, 15) is 14.9 Å². The van der Waals surface area contributed by atoms with Crippen molar-refractivity contribution in [2.45, 2.75) is 53.1 Å². The highest BCUT2D eigenvalue weighted by molar-refractivity contribution is 6.01. The average molecular weight is 405 g/mol. The van der Waals surface area contributed by atoms with Gasteiger partial charge in [-0.1, -0.05) is 25.1 Å². The van der Waals surface area contributed by atoms with Gasteiger partial charge in [0.1, 0.15) is 11.6 Å². The summed E-state index contributed by atoms with van der Waals surface area (Å²) in [5.74, 6) is -1.08. The molecule has 156 valence electrons. The maximum absolute atomic E-state index is 12.7. The number of nitrogens with zero attached hydrogens (tertiary/aromatic N) is 3. The quantitative estimate of drug-likeness (QED) is 0.414. The Morgan fingerprint density at radius 3 is 2.73 bits per heavy atom. The van der Waals surface area contributed by atoms with Crippen molar-refractivity contribution in [2.75, 3.05) is 11.5 Å². The topological polar surface area (TPSA) is 75.3 Å². The number of carbonyl (C=O) groups excluding carboxylic acids is 2. The van der Waals surface area contributed by atoms with Gasteiger partial charge in [-0.05, 0) is 62.9 Å². The van der Waals surface area contributed by atoms with E-state index in [2.05, 4.69) is 11.5 Å². The Balaban J connectivity index is 1.71. The Morgan fingerprint density at radius 1 is 1.30 bits per heavy atom. The number of para-hydroxylation sites is 1. The molecule has 3 rings (SSSR count). The first-order valence-electron chi connectivity index (χ1n) is 10.2. The Morgan fingerprint density at radius 2 is 2.03 bits per heavy atom. The van der Waals surface area contributed by atoms with Crippen molar-refractivity contribution in [3.05, 3.63) is 58.4 Å². The molecule has 1 aromatic heterocycles. The number of fused-ring (bicyclic) bond motifs is 1. The lowest BCUT2D eigenvalue weighted by Crippen LogP contribution is -2.38. The maximum atomic E-state index is 12.7. The van der Waals surface area contributed by atoms with Gasteiger partial charge < -0.3 is 14.2 Å². The van der Waals surface area contributed by atoms with Crippen LogP contribution in [0.2, 0.25) is 0 Å². The second kappa shape index (κ2) is 9.00. The van der Waals surface area contributed by atoms with E-state index in [1.807, 2.05) is 57.2 Å². The minimum Gasteiger partial charge on any atom is -0.451 e. The molecule has 0 saturated carbocycles. The lowest BCUT2D eigenvalue weighted by atomic mass is 10.1. The fraction of sp³-hybridized carbons (Fsp3) is 0.375. The number of carbonyl (C=O) groups is 2. The lowest BCUT2D eigenvalue weighted by Gasteiger charge is -2.22. The van der Waals surface area contributed by atoms with Crippen molar-refractivity contribution in [3.8, 4) is 6.07 Å². The number of nitriles is 1. The molecule has 0 saturated heterocycles. The van der Waals surface area contributed by atoms with Crippen molar-refractivity contribution >= 4 is 23.6 Å². The van der Waals surface area contributed by atoms with Crippen molar-refractivity contribution < 1.29 is 14.3 Å². The van der Waals surface area contributed by atoms with E-state index in [1.54, 1.807) is 4.90 Å². The Labute approximate surface area is 177 Å². The Hall–Kier alpha value is -3.33. The van der Waals surface area contributed by atoms with Gasteiger partial charge in [0.25, 0.3) is 5.91 Å². The fourth-order valence-electron chi connectivity index (χ4n) is 4.05. The van der Waals surface area contributed by atoms with Gasteiger partial charge in [0, 0.05) is 29.7 Å². The molecule has 6 nitrogen and oxygen atoms in total. The summed E-state index contributed by atoms with van der Waals surface area (Å²) in [6, 6.07) is 11.6. The number of aromatic nitrogens is 1. The first-order chi connectivity index (χ1) is 14.4. The zero-order valence-corrected chi connectivity index (χ0v) is 17.9. The third-order valence-electron chi connectivity index (χ3n) is 5.50. The summed E-state index contributed by atoms with van der Waals surface area (Å²) in [6.45, 7) is 8.51. The molecular weight excluding hydrogens is 378 g/mol. The molecule has 0 bridgehead atoms. The summed E-state index contributed by atoms with van der Waals surface area (Å²) in [4.78, 5) is 26.8. The van der Waals surface area contributed by atoms with Crippen LogP contribution in [0.25, 0.3) is 6.08 Å². The van der Waals surface area contributed by atoms with Gasteiger partial charge in [0.05, 0.1) is 0 Å². The summed E-state index contributed by atoms with van der Waals surface area (Å²) in [5.41, 5.74) is 4.71. The van der Waals surface area contributed by atoms with Crippen LogP contribution >= 0.6 is 0 Å². The molecule has 1 atom stereocenters. The third-order valence-corrected chi connectivity index (χ3v) is 5.50. The summed E-state index contributed by atoms with van der Waals surface area (Å²) in [5, 5.41) is 9.46. The zero-order valence-electron chi connectivity index (χ0n) is 17.9. The van der Waals surface area contributed by atoms with Gasteiger partial charge >= 0.3 is 5.97 Å². The average Bonchev–Trinajstić information content (AvgIpc) is 3.20. The molecule has 0 N–H and O–H groups in total. The van der Waals surface area contributed by atoms with E-state index >= 15 is 0 Å². The Bertz CT molecular complexity index is 1040. The van der Waals surface area contributed by atoms with Gasteiger partial charge in [0.2, 0.25) is 0 Å². The van der Waals surface area contributed by atoms with Crippen molar-refractivity contribution in [1.29, 1.82) is 5.26 Å². The molecular formula is C24H27N3O3. The number of hydrogen-bond donors (Lipinski definition) is 0. The predicted octanol–water partition coefficient (Wildman–Crippen LogP) is 3.94. The first kappa shape index (κ1) is 21.4. The van der Waals surface area contributed by atoms with E-state index in [1.165, 1.54) is 6.08 Å². The molecule has 1 unspecified atom stereocenters. The van der Waals surface area contributed by atoms with Crippen LogP contribution in [-0.2, 0) is 27.3 Å². The second-order valence-corrected chi connectivity index (χ2v) is 7.67. The van der Waals surface area contributed by atoms with Crippen molar-refractivity contribution in [3.63, 3.8) is 0 Å². The number of amides is 1. The van der Waals surface area contributed by atoms with Gasteiger partial charge in [0.15, 0.2) is 6.61 Å². The molecule has 30 heavy (non-hydrogen) atoms. The van der Waals surface area contributed by atoms with Crippen LogP contribution in [0, 0.1) is 25.2 Å². The molecule has 6 heteroatoms. The van der Waals surface area contributed by atoms with Crippen LogP contribution in [0.5, 0.6) is 0 Å². The largest absolute Gasteiger partial charge is 0.451 e. The van der Waals surface area contributed by atoms with Gasteiger partial charge in [-0.25, -0.2) is 4.79 Å². The number of aryl methyl sites for hydroxylation is 1. The van der Waals surface area contributed by atoms with E-state index < -0.39 is 12.6 Å². The number of ether oxygens (including phenoxy) is 1. The second-order valence-electron chi connectivity index (χ2n) is 7.67. The van der Waals surface area contributed by atoms with Crippen molar-refractivity contribution in [1.82, 2.24) is 4.57 Å². The van der Waals surface area contributed by atoms with Gasteiger partial charge in [-0.2, -0.15) is 5.26 Å². The number of benzene rings is 1. The Kier molecular flexibility index (Phi) is 6.41. The molecule has 0 fully saturated rings. The smallest absolute Gasteiger partial charge is 0.349 e. The van der Waals surface area contributed by atoms with Crippen LogP contribution in [0.15, 0.2) is 35.9 Å². The zero-order chi connectivity index (χ0) is 21.8. The van der Waals surface area contributed by atoms with Crippen LogP contribution in [0.1, 0.15) is 42.8 Å². The highest BCUT2D eigenvalue weighted by Crippen LogP contribution is 2.31. The highest BCUT2D eigenvalue weighted by Gasteiger charge is 2.31. The van der Waals surface area contributed by atoms with Crippen LogP contribution < -0.4 is 4.90 Å². The summed E-state index contributed by atoms with van der Waals surface area (Å²) in [7, 11) is 0. The molecule has 1 aliphatic rings. The molecule has 1 aromatic carbocycles. The molecule has 0 radical (unpaired) electrons. The lowest BCUT2D eigenvalue weighted by molar-refractivity contribution is -0.143. The number of hydrogen-bond acceptors (Lipinski definition) is 4. The molecule has 2 aromatic rings. The summed E-state index contributed by atoms with van der Waals surface area (Å²) >= 11 is 0. The number of anilines is 1. The van der Waals surface area contributed by atoms with E-state index in [4.69, 9.17) is 4.74 Å². The van der Waals surface area contributed by atoms with Crippen LogP contribution in [0.4, 0.5) is 5.69 Å². The van der Waals surface area contributed by atoms with Gasteiger partial charge in [-0.15, -0.1) is 0 Å². The van der Waals surface area contributed by atoms with E-state index in [0.29, 0.717) is 0 Å². The maximum Gasteiger partial charge on any atom is 0.349 e. The van der Waals surface area contributed by atoms with Gasteiger partial charge in [-0.3, -0.25) is 4.79 Å². The number of esters is 1. The van der Waals surface area contributed by atoms with Crippen molar-refractivity contribution in [2.24, 2.45) is 0 Å². The number of rotatable bonds is 6. The molecule has 0 aliphatic carbocycles. The summed E-state index contributed by atoms with van der Waals surface area (Å²) < 4.78 is 7.36. The van der Waals surface area contributed by atoms with E-state index in [0.717, 1.165) is 47.6 Å². The molecule has 0 spiro atoms. The van der Waals surface area contributed by atoms with E-state index in [-0.39, 0.29) is 17.5 Å². The summed E-state index contributed by atoms with van der Waals surface area (Å²) in [6.07, 6.45) is 3.30. The van der Waals surface area contributed by atoms with Crippen LogP contribution in [0.3, 0.4) is 0 Å². The normalized spacial score (nSPS) is 15.6. The fourth-order valence-corrected chi connectivity index (χ4v) is 4.05. The molecule has 1 amide bonds. The molecule has 1 aliphatic heterocycles. The third kappa shape index (κ3) is 4.16. The van der Waals surface area contributed by atoms with Crippen LogP contribution in [-0.4, -0.2) is 29.1 Å². The SMILES string of the molecule is CCCn1c(C)cc(/C=C(\C#N)C(=O)OCC(=O)N2c3ccccc3CC2C)c1C. The standard InChI is InChI=1S/C24H27N3O3/c1-5-10-26-16(2)11-20(18(26)4)13-21(14-25)24(29)30-15-23(28)27-17(3)12-19-8-6-7-9-22(19)27/h6-9,11,13,17H,5,10,12,15H2,1-4H3/b21-13+. The molecule has 2 heterocycles. The highest BCUT2D eigenvalue weighted by atomic mass is 16.5. The monoisotopic (exact) mass is 405 g/mol. The minimum atomic E-state index is -0.786.